The summed E-state index contributed by atoms with van der Waals surface area (Å²) in [7, 11) is 0. The Balaban J connectivity index is 2.34. The van der Waals surface area contributed by atoms with E-state index in [9.17, 15) is 8.78 Å². The topological polar surface area (TPSA) is 29.3 Å². The third kappa shape index (κ3) is 3.15. The number of thiocarbonyl (C=S) groups is 1. The van der Waals surface area contributed by atoms with Gasteiger partial charge >= 0.3 is 0 Å². The van der Waals surface area contributed by atoms with Crippen molar-refractivity contribution in [1.29, 1.82) is 0 Å². The SMILES string of the molecule is CCC1CCCCN1C(C(N)=S)c1ccc(F)c(F)c1. The quantitative estimate of drug-likeness (QED) is 0.862. The molecule has 0 aromatic heterocycles. The Morgan fingerprint density at radius 2 is 2.15 bits per heavy atom. The van der Waals surface area contributed by atoms with E-state index >= 15 is 0 Å². The Labute approximate surface area is 123 Å². The highest BCUT2D eigenvalue weighted by atomic mass is 32.1. The molecule has 2 unspecified atom stereocenters. The smallest absolute Gasteiger partial charge is 0.159 e. The number of hydrogen-bond donors (Lipinski definition) is 1. The molecule has 0 saturated carbocycles. The van der Waals surface area contributed by atoms with Gasteiger partial charge in [-0.3, -0.25) is 4.90 Å². The van der Waals surface area contributed by atoms with Crippen molar-refractivity contribution < 1.29 is 8.78 Å². The van der Waals surface area contributed by atoms with E-state index < -0.39 is 11.6 Å². The molecule has 110 valence electrons. The average molecular weight is 298 g/mol. The Morgan fingerprint density at radius 1 is 1.40 bits per heavy atom. The Kier molecular flexibility index (Phi) is 5.05. The molecule has 0 spiro atoms. The third-order valence-electron chi connectivity index (χ3n) is 4.00. The first-order valence-corrected chi connectivity index (χ1v) is 7.45. The summed E-state index contributed by atoms with van der Waals surface area (Å²) in [5, 5.41) is 0. The van der Waals surface area contributed by atoms with E-state index in [4.69, 9.17) is 18.0 Å². The lowest BCUT2D eigenvalue weighted by atomic mass is 9.94. The van der Waals surface area contributed by atoms with Gasteiger partial charge < -0.3 is 5.73 Å². The molecule has 1 aromatic carbocycles. The zero-order chi connectivity index (χ0) is 14.7. The van der Waals surface area contributed by atoms with E-state index in [1.54, 1.807) is 6.07 Å². The zero-order valence-electron chi connectivity index (χ0n) is 11.6. The number of halogens is 2. The minimum absolute atomic E-state index is 0.314. The Bertz CT molecular complexity index is 493. The van der Waals surface area contributed by atoms with Crippen molar-refractivity contribution in [2.24, 2.45) is 5.73 Å². The first-order valence-electron chi connectivity index (χ1n) is 7.04. The van der Waals surface area contributed by atoms with Crippen LogP contribution in [-0.4, -0.2) is 22.5 Å². The number of nitrogens with zero attached hydrogens (tertiary/aromatic N) is 1. The molecule has 5 heteroatoms. The molecule has 20 heavy (non-hydrogen) atoms. The molecule has 0 amide bonds. The van der Waals surface area contributed by atoms with Crippen molar-refractivity contribution >= 4 is 17.2 Å². The van der Waals surface area contributed by atoms with Gasteiger partial charge in [-0.05, 0) is 43.5 Å². The molecule has 1 aliphatic heterocycles. The maximum atomic E-state index is 13.5. The predicted molar refractivity (Wildman–Crippen MR) is 80.5 cm³/mol. The summed E-state index contributed by atoms with van der Waals surface area (Å²) in [5.41, 5.74) is 6.51. The number of hydrogen-bond acceptors (Lipinski definition) is 2. The second kappa shape index (κ2) is 6.59. The molecule has 0 aliphatic carbocycles. The highest BCUT2D eigenvalue weighted by Gasteiger charge is 2.31. The fourth-order valence-electron chi connectivity index (χ4n) is 3.00. The molecule has 2 N–H and O–H groups in total. The van der Waals surface area contributed by atoms with Crippen molar-refractivity contribution in [1.82, 2.24) is 4.90 Å². The van der Waals surface area contributed by atoms with Crippen molar-refractivity contribution in [2.45, 2.75) is 44.7 Å². The average Bonchev–Trinajstić information content (AvgIpc) is 2.43. The van der Waals surface area contributed by atoms with E-state index in [1.807, 2.05) is 0 Å². The molecule has 1 fully saturated rings. The van der Waals surface area contributed by atoms with Crippen LogP contribution in [0.2, 0.25) is 0 Å². The van der Waals surface area contributed by atoms with Gasteiger partial charge in [-0.1, -0.05) is 31.6 Å². The molecular formula is C15H20F2N2S. The largest absolute Gasteiger partial charge is 0.392 e. The van der Waals surface area contributed by atoms with Crippen LogP contribution in [0.3, 0.4) is 0 Å². The summed E-state index contributed by atoms with van der Waals surface area (Å²) >= 11 is 5.18. The summed E-state index contributed by atoms with van der Waals surface area (Å²) in [4.78, 5) is 2.55. The van der Waals surface area contributed by atoms with Crippen LogP contribution in [0.15, 0.2) is 18.2 Å². The second-order valence-corrected chi connectivity index (χ2v) is 5.75. The normalized spacial score (nSPS) is 21.6. The van der Waals surface area contributed by atoms with Gasteiger partial charge in [0.25, 0.3) is 0 Å². The van der Waals surface area contributed by atoms with Gasteiger partial charge in [0.1, 0.15) is 0 Å². The lowest BCUT2D eigenvalue weighted by molar-refractivity contribution is 0.122. The van der Waals surface area contributed by atoms with Crippen LogP contribution < -0.4 is 5.73 Å². The first-order chi connectivity index (χ1) is 9.54. The maximum absolute atomic E-state index is 13.5. The van der Waals surface area contributed by atoms with Gasteiger partial charge in [0, 0.05) is 6.04 Å². The summed E-state index contributed by atoms with van der Waals surface area (Å²) in [6, 6.07) is 4.00. The predicted octanol–water partition coefficient (Wildman–Crippen LogP) is 3.56. The number of benzene rings is 1. The highest BCUT2D eigenvalue weighted by Crippen LogP contribution is 2.31. The Hall–Kier alpha value is -1.07. The van der Waals surface area contributed by atoms with Crippen LogP contribution in [-0.2, 0) is 0 Å². The standard InChI is InChI=1S/C15H20F2N2S/c1-2-11-5-3-4-8-19(11)14(15(18)20)10-6-7-12(16)13(17)9-10/h6-7,9,11,14H,2-5,8H2,1H3,(H2,18,20). The maximum Gasteiger partial charge on any atom is 0.159 e. The molecule has 1 heterocycles. The summed E-state index contributed by atoms with van der Waals surface area (Å²) in [5.74, 6) is -1.70. The third-order valence-corrected chi connectivity index (χ3v) is 4.23. The van der Waals surface area contributed by atoms with Crippen molar-refractivity contribution in [3.8, 4) is 0 Å². The molecule has 2 atom stereocenters. The fourth-order valence-corrected chi connectivity index (χ4v) is 3.27. The minimum atomic E-state index is -0.853. The lowest BCUT2D eigenvalue weighted by Crippen LogP contribution is -2.46. The van der Waals surface area contributed by atoms with Gasteiger partial charge in [-0.25, -0.2) is 8.78 Å². The molecule has 1 saturated heterocycles. The number of rotatable bonds is 4. The summed E-state index contributed by atoms with van der Waals surface area (Å²) in [6.07, 6.45) is 4.37. The van der Waals surface area contributed by atoms with Gasteiger partial charge in [-0.15, -0.1) is 0 Å². The van der Waals surface area contributed by atoms with Crippen LogP contribution >= 0.6 is 12.2 Å². The molecule has 0 bridgehead atoms. The van der Waals surface area contributed by atoms with E-state index in [1.165, 1.54) is 12.5 Å². The van der Waals surface area contributed by atoms with Crippen LogP contribution in [0.5, 0.6) is 0 Å². The van der Waals surface area contributed by atoms with Crippen molar-refractivity contribution in [3.63, 3.8) is 0 Å². The van der Waals surface area contributed by atoms with Gasteiger partial charge in [0.15, 0.2) is 11.6 Å². The molecule has 1 aromatic rings. The van der Waals surface area contributed by atoms with Gasteiger partial charge in [-0.2, -0.15) is 0 Å². The van der Waals surface area contributed by atoms with Crippen LogP contribution in [0.1, 0.15) is 44.2 Å². The van der Waals surface area contributed by atoms with Gasteiger partial charge in [0.05, 0.1) is 11.0 Å². The molecule has 2 nitrogen and oxygen atoms in total. The Morgan fingerprint density at radius 3 is 2.75 bits per heavy atom. The summed E-state index contributed by atoms with van der Waals surface area (Å²) in [6.45, 7) is 3.02. The van der Waals surface area contributed by atoms with Crippen molar-refractivity contribution in [2.75, 3.05) is 6.54 Å². The minimum Gasteiger partial charge on any atom is -0.392 e. The van der Waals surface area contributed by atoms with E-state index in [0.717, 1.165) is 31.9 Å². The zero-order valence-corrected chi connectivity index (χ0v) is 12.4. The monoisotopic (exact) mass is 298 g/mol. The number of nitrogens with two attached hydrogens (primary N) is 1. The van der Waals surface area contributed by atoms with E-state index in [2.05, 4.69) is 11.8 Å². The number of piperidine rings is 1. The second-order valence-electron chi connectivity index (χ2n) is 5.27. The molecular weight excluding hydrogens is 278 g/mol. The van der Waals surface area contributed by atoms with Crippen molar-refractivity contribution in [3.05, 3.63) is 35.4 Å². The fraction of sp³-hybridized carbons (Fsp3) is 0.533. The van der Waals surface area contributed by atoms with Crippen LogP contribution in [0.25, 0.3) is 0 Å². The number of likely N-dealkylation sites (tertiary alicyclic amines) is 1. The van der Waals surface area contributed by atoms with Crippen LogP contribution in [0.4, 0.5) is 8.78 Å². The lowest BCUT2D eigenvalue weighted by Gasteiger charge is -2.40. The molecule has 1 aliphatic rings. The van der Waals surface area contributed by atoms with Gasteiger partial charge in [0.2, 0.25) is 0 Å². The highest BCUT2D eigenvalue weighted by molar-refractivity contribution is 7.80. The molecule has 0 radical (unpaired) electrons. The van der Waals surface area contributed by atoms with E-state index in [0.29, 0.717) is 16.6 Å². The van der Waals surface area contributed by atoms with E-state index in [-0.39, 0.29) is 6.04 Å². The van der Waals surface area contributed by atoms with Crippen LogP contribution in [0, 0.1) is 11.6 Å². The first kappa shape index (κ1) is 15.3. The summed E-state index contributed by atoms with van der Waals surface area (Å²) < 4.78 is 26.6. The molecule has 2 rings (SSSR count).